The highest BCUT2D eigenvalue weighted by Crippen LogP contribution is 2.31. The van der Waals surface area contributed by atoms with Crippen molar-refractivity contribution in [3.8, 4) is 5.75 Å². The lowest BCUT2D eigenvalue weighted by molar-refractivity contribution is -0.122. The zero-order valence-electron chi connectivity index (χ0n) is 13.5. The second kappa shape index (κ2) is 7.16. The SMILES string of the molecule is CC(Cn1cccn1)NC(=O)CCN1C(=O)COc2ccccc21. The molecule has 0 spiro atoms. The number of aromatic nitrogens is 2. The van der Waals surface area contributed by atoms with Gasteiger partial charge in [0.25, 0.3) is 5.91 Å². The minimum Gasteiger partial charge on any atom is -0.482 e. The Balaban J connectivity index is 1.53. The first-order valence-corrected chi connectivity index (χ1v) is 7.92. The van der Waals surface area contributed by atoms with E-state index in [0.717, 1.165) is 0 Å². The standard InChI is InChI=1S/C17H20N4O3/c1-13(11-20-9-4-8-18-20)19-16(22)7-10-21-14-5-2-3-6-15(14)24-12-17(21)23/h2-6,8-9,13H,7,10-12H2,1H3,(H,19,22). The number of carbonyl (C=O) groups is 2. The zero-order valence-corrected chi connectivity index (χ0v) is 13.5. The Morgan fingerprint density at radius 3 is 3.00 bits per heavy atom. The van der Waals surface area contributed by atoms with Crippen LogP contribution in [0.4, 0.5) is 5.69 Å². The Hall–Kier alpha value is -2.83. The number of benzene rings is 1. The van der Waals surface area contributed by atoms with E-state index in [2.05, 4.69) is 10.4 Å². The first-order valence-electron chi connectivity index (χ1n) is 7.92. The number of para-hydroxylation sites is 2. The predicted octanol–water partition coefficient (Wildman–Crippen LogP) is 1.20. The molecular weight excluding hydrogens is 308 g/mol. The van der Waals surface area contributed by atoms with Gasteiger partial charge >= 0.3 is 0 Å². The third-order valence-corrected chi connectivity index (χ3v) is 3.80. The third-order valence-electron chi connectivity index (χ3n) is 3.80. The smallest absolute Gasteiger partial charge is 0.265 e. The molecule has 2 amide bonds. The molecule has 2 aromatic rings. The van der Waals surface area contributed by atoms with Crippen LogP contribution in [0.15, 0.2) is 42.7 Å². The Kier molecular flexibility index (Phi) is 4.79. The molecule has 0 radical (unpaired) electrons. The highest BCUT2D eigenvalue weighted by molar-refractivity contribution is 5.98. The monoisotopic (exact) mass is 328 g/mol. The molecule has 1 atom stereocenters. The van der Waals surface area contributed by atoms with Crippen molar-refractivity contribution in [2.45, 2.75) is 25.9 Å². The number of hydrogen-bond acceptors (Lipinski definition) is 4. The van der Waals surface area contributed by atoms with Crippen molar-refractivity contribution in [2.24, 2.45) is 0 Å². The van der Waals surface area contributed by atoms with Crippen molar-refractivity contribution < 1.29 is 14.3 Å². The lowest BCUT2D eigenvalue weighted by Crippen LogP contribution is -2.42. The van der Waals surface area contributed by atoms with E-state index >= 15 is 0 Å². The molecule has 0 bridgehead atoms. The molecule has 2 heterocycles. The molecule has 0 fully saturated rings. The van der Waals surface area contributed by atoms with Gasteiger partial charge in [-0.15, -0.1) is 0 Å². The molecule has 3 rings (SSSR count). The van der Waals surface area contributed by atoms with Crippen LogP contribution in [0.2, 0.25) is 0 Å². The van der Waals surface area contributed by atoms with Crippen LogP contribution in [0.5, 0.6) is 5.75 Å². The van der Waals surface area contributed by atoms with Gasteiger partial charge in [0.05, 0.1) is 12.2 Å². The maximum atomic E-state index is 12.1. The van der Waals surface area contributed by atoms with Crippen LogP contribution in [0, 0.1) is 0 Å². The van der Waals surface area contributed by atoms with Crippen LogP contribution in [0.3, 0.4) is 0 Å². The van der Waals surface area contributed by atoms with E-state index in [0.29, 0.717) is 24.5 Å². The summed E-state index contributed by atoms with van der Waals surface area (Å²) in [5.41, 5.74) is 0.714. The molecule has 0 saturated carbocycles. The number of anilines is 1. The fourth-order valence-corrected chi connectivity index (χ4v) is 2.69. The van der Waals surface area contributed by atoms with Crippen molar-refractivity contribution in [2.75, 3.05) is 18.1 Å². The second-order valence-corrected chi connectivity index (χ2v) is 5.75. The number of ether oxygens (including phenoxy) is 1. The maximum absolute atomic E-state index is 12.1. The van der Waals surface area contributed by atoms with E-state index < -0.39 is 0 Å². The molecule has 0 saturated heterocycles. The fraction of sp³-hybridized carbons (Fsp3) is 0.353. The van der Waals surface area contributed by atoms with Crippen LogP contribution in [-0.2, 0) is 16.1 Å². The Bertz CT molecular complexity index is 714. The minimum atomic E-state index is -0.133. The molecule has 7 heteroatoms. The molecule has 1 aliphatic rings. The van der Waals surface area contributed by atoms with Gasteiger partial charge in [-0.25, -0.2) is 0 Å². The van der Waals surface area contributed by atoms with E-state index in [1.165, 1.54) is 0 Å². The van der Waals surface area contributed by atoms with Gasteiger partial charge in [-0.1, -0.05) is 12.1 Å². The van der Waals surface area contributed by atoms with Crippen molar-refractivity contribution in [3.63, 3.8) is 0 Å². The molecule has 24 heavy (non-hydrogen) atoms. The van der Waals surface area contributed by atoms with Gasteiger partial charge in [-0.3, -0.25) is 14.3 Å². The number of rotatable bonds is 6. The molecule has 1 aromatic heterocycles. The van der Waals surface area contributed by atoms with Gasteiger partial charge < -0.3 is 15.0 Å². The highest BCUT2D eigenvalue weighted by Gasteiger charge is 2.25. The summed E-state index contributed by atoms with van der Waals surface area (Å²) in [6.45, 7) is 2.88. The summed E-state index contributed by atoms with van der Waals surface area (Å²) in [5, 5.41) is 7.04. The van der Waals surface area contributed by atoms with Crippen LogP contribution in [-0.4, -0.2) is 40.8 Å². The lowest BCUT2D eigenvalue weighted by Gasteiger charge is -2.29. The van der Waals surface area contributed by atoms with Gasteiger partial charge in [0.15, 0.2) is 6.61 Å². The van der Waals surface area contributed by atoms with Crippen LogP contribution in [0.1, 0.15) is 13.3 Å². The van der Waals surface area contributed by atoms with E-state index in [1.54, 1.807) is 15.8 Å². The quantitative estimate of drug-likeness (QED) is 0.864. The summed E-state index contributed by atoms with van der Waals surface area (Å²) in [6, 6.07) is 9.16. The third kappa shape index (κ3) is 3.73. The van der Waals surface area contributed by atoms with Crippen LogP contribution < -0.4 is 15.0 Å². The maximum Gasteiger partial charge on any atom is 0.265 e. The number of nitrogens with zero attached hydrogens (tertiary/aromatic N) is 3. The van der Waals surface area contributed by atoms with Gasteiger partial charge in [0.1, 0.15) is 5.75 Å². The summed E-state index contributed by atoms with van der Waals surface area (Å²) in [7, 11) is 0. The molecular formula is C17H20N4O3. The van der Waals surface area contributed by atoms with Gasteiger partial charge in [-0.05, 0) is 25.1 Å². The predicted molar refractivity (Wildman–Crippen MR) is 88.7 cm³/mol. The van der Waals surface area contributed by atoms with Gasteiger partial charge in [0.2, 0.25) is 5.91 Å². The second-order valence-electron chi connectivity index (χ2n) is 5.75. The molecule has 1 unspecified atom stereocenters. The molecule has 1 N–H and O–H groups in total. The van der Waals surface area contributed by atoms with Crippen molar-refractivity contribution in [3.05, 3.63) is 42.7 Å². The Morgan fingerprint density at radius 1 is 1.38 bits per heavy atom. The first kappa shape index (κ1) is 16.0. The fourth-order valence-electron chi connectivity index (χ4n) is 2.69. The van der Waals surface area contributed by atoms with Crippen molar-refractivity contribution in [1.29, 1.82) is 0 Å². The number of fused-ring (bicyclic) bond motifs is 1. The number of hydrogen-bond donors (Lipinski definition) is 1. The highest BCUT2D eigenvalue weighted by atomic mass is 16.5. The number of carbonyl (C=O) groups excluding carboxylic acids is 2. The molecule has 126 valence electrons. The average Bonchev–Trinajstić information content (AvgIpc) is 3.06. The summed E-state index contributed by atoms with van der Waals surface area (Å²) < 4.78 is 7.17. The Morgan fingerprint density at radius 2 is 2.21 bits per heavy atom. The zero-order chi connectivity index (χ0) is 16.9. The molecule has 7 nitrogen and oxygen atoms in total. The van der Waals surface area contributed by atoms with E-state index in [9.17, 15) is 9.59 Å². The van der Waals surface area contributed by atoms with Crippen LogP contribution in [0.25, 0.3) is 0 Å². The average molecular weight is 328 g/mol. The molecule has 1 aromatic carbocycles. The van der Waals surface area contributed by atoms with Crippen molar-refractivity contribution >= 4 is 17.5 Å². The lowest BCUT2D eigenvalue weighted by atomic mass is 10.2. The Labute approximate surface area is 140 Å². The molecule has 0 aliphatic carbocycles. The normalized spacial score (nSPS) is 14.7. The van der Waals surface area contributed by atoms with E-state index in [4.69, 9.17) is 4.74 Å². The molecule has 1 aliphatic heterocycles. The summed E-state index contributed by atoms with van der Waals surface area (Å²) in [5.74, 6) is 0.446. The first-order chi connectivity index (χ1) is 11.6. The summed E-state index contributed by atoms with van der Waals surface area (Å²) >= 11 is 0. The number of nitrogens with one attached hydrogen (secondary N) is 1. The minimum absolute atomic E-state index is 0.00827. The van der Waals surface area contributed by atoms with Gasteiger partial charge in [0, 0.05) is 31.4 Å². The largest absolute Gasteiger partial charge is 0.482 e. The number of amides is 2. The topological polar surface area (TPSA) is 76.5 Å². The van der Waals surface area contributed by atoms with Gasteiger partial charge in [-0.2, -0.15) is 5.10 Å². The van der Waals surface area contributed by atoms with Crippen LogP contribution >= 0.6 is 0 Å². The van der Waals surface area contributed by atoms with Crippen molar-refractivity contribution in [1.82, 2.24) is 15.1 Å². The summed E-state index contributed by atoms with van der Waals surface area (Å²) in [6.07, 6.45) is 3.80. The summed E-state index contributed by atoms with van der Waals surface area (Å²) in [4.78, 5) is 25.8. The van der Waals surface area contributed by atoms with E-state index in [-0.39, 0.29) is 30.9 Å². The van der Waals surface area contributed by atoms with E-state index in [1.807, 2.05) is 43.5 Å².